The lowest BCUT2D eigenvalue weighted by Gasteiger charge is -2.23. The zero-order valence-corrected chi connectivity index (χ0v) is 15.3. The summed E-state index contributed by atoms with van der Waals surface area (Å²) in [6, 6.07) is 10.2. The second-order valence-electron chi connectivity index (χ2n) is 5.29. The zero-order valence-electron chi connectivity index (χ0n) is 13.7. The van der Waals surface area contributed by atoms with Crippen LogP contribution < -0.4 is 0 Å². The first-order valence-corrected chi connectivity index (χ1v) is 8.71. The van der Waals surface area contributed by atoms with Gasteiger partial charge in [-0.1, -0.05) is 29.8 Å². The summed E-state index contributed by atoms with van der Waals surface area (Å²) in [7, 11) is 2.38. The molecule has 5 nitrogen and oxygen atoms in total. The van der Waals surface area contributed by atoms with Crippen LogP contribution in [0.25, 0.3) is 0 Å². The average Bonchev–Trinajstić information content (AvgIpc) is 3.15. The fourth-order valence-corrected chi connectivity index (χ4v) is 3.46. The number of halogens is 1. The quantitative estimate of drug-likeness (QED) is 0.416. The molecular formula is C18H17ClO5S. The third-order valence-corrected chi connectivity index (χ3v) is 4.94. The number of carbonyl (C=O) groups excluding carboxylic acids is 3. The Labute approximate surface area is 154 Å². The number of esters is 2. The molecule has 25 heavy (non-hydrogen) atoms. The normalized spacial score (nSPS) is 11.8. The molecule has 0 saturated heterocycles. The van der Waals surface area contributed by atoms with Gasteiger partial charge in [-0.15, -0.1) is 11.3 Å². The lowest BCUT2D eigenvalue weighted by molar-refractivity contribution is -0.159. The molecule has 1 atom stereocenters. The van der Waals surface area contributed by atoms with Gasteiger partial charge in [0.2, 0.25) is 0 Å². The maximum atomic E-state index is 12.6. The van der Waals surface area contributed by atoms with Crippen molar-refractivity contribution >= 4 is 40.7 Å². The molecule has 7 heteroatoms. The average molecular weight is 381 g/mol. The van der Waals surface area contributed by atoms with Crippen LogP contribution in [0.5, 0.6) is 0 Å². The summed E-state index contributed by atoms with van der Waals surface area (Å²) >= 11 is 7.34. The van der Waals surface area contributed by atoms with Gasteiger partial charge in [0.05, 0.1) is 19.1 Å². The van der Waals surface area contributed by atoms with Crippen molar-refractivity contribution in [3.05, 3.63) is 57.2 Å². The molecule has 0 spiro atoms. The smallest absolute Gasteiger partial charge is 0.320 e. The Morgan fingerprint density at radius 1 is 1.08 bits per heavy atom. The molecule has 0 radical (unpaired) electrons. The zero-order chi connectivity index (χ0) is 18.4. The summed E-state index contributed by atoms with van der Waals surface area (Å²) < 4.78 is 9.52. The van der Waals surface area contributed by atoms with Gasteiger partial charge < -0.3 is 9.47 Å². The van der Waals surface area contributed by atoms with Crippen molar-refractivity contribution in [2.45, 2.75) is 12.3 Å². The lowest BCUT2D eigenvalue weighted by Crippen LogP contribution is -2.33. The monoisotopic (exact) mass is 380 g/mol. The van der Waals surface area contributed by atoms with E-state index in [1.807, 2.05) is 0 Å². The van der Waals surface area contributed by atoms with Crippen LogP contribution in [0.2, 0.25) is 5.02 Å². The van der Waals surface area contributed by atoms with E-state index in [-0.39, 0.29) is 12.2 Å². The van der Waals surface area contributed by atoms with E-state index >= 15 is 0 Å². The topological polar surface area (TPSA) is 69.7 Å². The van der Waals surface area contributed by atoms with Crippen molar-refractivity contribution in [3.63, 3.8) is 0 Å². The summed E-state index contributed by atoms with van der Waals surface area (Å²) in [6.45, 7) is 0. The van der Waals surface area contributed by atoms with Gasteiger partial charge in [0.15, 0.2) is 11.7 Å². The van der Waals surface area contributed by atoms with Gasteiger partial charge in [0.1, 0.15) is 0 Å². The molecule has 0 aliphatic rings. The number of ketones is 1. The second-order valence-corrected chi connectivity index (χ2v) is 6.67. The van der Waals surface area contributed by atoms with Crippen molar-refractivity contribution in [2.24, 2.45) is 5.92 Å². The Morgan fingerprint density at radius 3 is 2.28 bits per heavy atom. The Bertz CT molecular complexity index is 741. The maximum Gasteiger partial charge on any atom is 0.320 e. The first-order chi connectivity index (χ1) is 12.0. The molecule has 0 bridgehead atoms. The molecule has 1 aromatic heterocycles. The molecule has 0 fully saturated rings. The number of Topliss-reactive ketones (excluding diaryl/α,β-unsaturated/α-hetero) is 1. The van der Waals surface area contributed by atoms with E-state index in [2.05, 4.69) is 0 Å². The number of benzene rings is 1. The van der Waals surface area contributed by atoms with Crippen LogP contribution in [0.1, 0.15) is 27.6 Å². The van der Waals surface area contributed by atoms with E-state index in [1.54, 1.807) is 41.8 Å². The first-order valence-electron chi connectivity index (χ1n) is 7.45. The van der Waals surface area contributed by atoms with Gasteiger partial charge in [-0.3, -0.25) is 14.4 Å². The highest BCUT2D eigenvalue weighted by Crippen LogP contribution is 2.33. The summed E-state index contributed by atoms with van der Waals surface area (Å²) in [6.07, 6.45) is -0.0459. The molecular weight excluding hydrogens is 364 g/mol. The molecule has 0 N–H and O–H groups in total. The Balaban J connectivity index is 2.44. The summed E-state index contributed by atoms with van der Waals surface area (Å²) in [5.41, 5.74) is 0.596. The second kappa shape index (κ2) is 8.78. The maximum absolute atomic E-state index is 12.6. The van der Waals surface area contributed by atoms with E-state index in [9.17, 15) is 14.4 Å². The van der Waals surface area contributed by atoms with Crippen LogP contribution >= 0.6 is 22.9 Å². The van der Waals surface area contributed by atoms with Crippen molar-refractivity contribution in [3.8, 4) is 0 Å². The van der Waals surface area contributed by atoms with E-state index in [4.69, 9.17) is 21.1 Å². The highest BCUT2D eigenvalue weighted by molar-refractivity contribution is 7.12. The molecule has 2 rings (SSSR count). The molecule has 1 heterocycles. The summed E-state index contributed by atoms with van der Waals surface area (Å²) in [5, 5.41) is 2.24. The predicted octanol–water partition coefficient (Wildman–Crippen LogP) is 3.72. The van der Waals surface area contributed by atoms with Crippen molar-refractivity contribution in [1.29, 1.82) is 0 Å². The molecule has 0 amide bonds. The third-order valence-electron chi connectivity index (χ3n) is 3.79. The standard InChI is InChI=1S/C18H17ClO5S/c1-23-17(21)16(18(22)24-2)13(11-5-3-6-12(19)9-11)10-14(20)15-7-4-8-25-15/h3-9,13,16H,10H2,1-2H3. The van der Waals surface area contributed by atoms with Crippen LogP contribution in [0, 0.1) is 5.92 Å². The lowest BCUT2D eigenvalue weighted by atomic mass is 9.82. The largest absolute Gasteiger partial charge is 0.468 e. The number of rotatable bonds is 7. The Morgan fingerprint density at radius 2 is 1.76 bits per heavy atom. The first kappa shape index (κ1) is 19.1. The van der Waals surface area contributed by atoms with Crippen LogP contribution in [-0.2, 0) is 19.1 Å². The van der Waals surface area contributed by atoms with Crippen LogP contribution in [0.4, 0.5) is 0 Å². The number of hydrogen-bond acceptors (Lipinski definition) is 6. The number of thiophene rings is 1. The fraction of sp³-hybridized carbons (Fsp3) is 0.278. The summed E-state index contributed by atoms with van der Waals surface area (Å²) in [4.78, 5) is 37.6. The molecule has 0 aliphatic heterocycles. The minimum absolute atomic E-state index is 0.0459. The Hall–Kier alpha value is -2.18. The predicted molar refractivity (Wildman–Crippen MR) is 95.0 cm³/mol. The van der Waals surface area contributed by atoms with E-state index in [1.165, 1.54) is 25.6 Å². The van der Waals surface area contributed by atoms with Crippen molar-refractivity contribution in [2.75, 3.05) is 14.2 Å². The molecule has 0 saturated carbocycles. The molecule has 1 unspecified atom stereocenters. The van der Waals surface area contributed by atoms with Crippen molar-refractivity contribution in [1.82, 2.24) is 0 Å². The van der Waals surface area contributed by atoms with Gasteiger partial charge in [-0.2, -0.15) is 0 Å². The van der Waals surface area contributed by atoms with Crippen LogP contribution in [0.3, 0.4) is 0 Å². The number of hydrogen-bond donors (Lipinski definition) is 0. The number of ether oxygens (including phenoxy) is 2. The van der Waals surface area contributed by atoms with Gasteiger partial charge in [-0.25, -0.2) is 0 Å². The summed E-state index contributed by atoms with van der Waals surface area (Å²) in [5.74, 6) is -3.67. The Kier molecular flexibility index (Phi) is 6.73. The highest BCUT2D eigenvalue weighted by atomic mass is 35.5. The van der Waals surface area contributed by atoms with Crippen LogP contribution in [-0.4, -0.2) is 31.9 Å². The molecule has 1 aromatic carbocycles. The van der Waals surface area contributed by atoms with Gasteiger partial charge in [0.25, 0.3) is 0 Å². The fourth-order valence-electron chi connectivity index (χ4n) is 2.58. The van der Waals surface area contributed by atoms with E-state index in [0.717, 1.165) is 0 Å². The van der Waals surface area contributed by atoms with Crippen molar-refractivity contribution < 1.29 is 23.9 Å². The van der Waals surface area contributed by atoms with Gasteiger partial charge in [0, 0.05) is 17.4 Å². The number of methoxy groups -OCH3 is 2. The SMILES string of the molecule is COC(=O)C(C(=O)OC)C(CC(=O)c1cccs1)c1cccc(Cl)c1. The number of carbonyl (C=O) groups is 3. The molecule has 2 aromatic rings. The van der Waals surface area contributed by atoms with Crippen LogP contribution in [0.15, 0.2) is 41.8 Å². The molecule has 132 valence electrons. The molecule has 0 aliphatic carbocycles. The van der Waals surface area contributed by atoms with Gasteiger partial charge >= 0.3 is 11.9 Å². The van der Waals surface area contributed by atoms with E-state index < -0.39 is 23.8 Å². The van der Waals surface area contributed by atoms with E-state index in [0.29, 0.717) is 15.5 Å². The third kappa shape index (κ3) is 4.67. The minimum Gasteiger partial charge on any atom is -0.468 e. The minimum atomic E-state index is -1.25. The highest BCUT2D eigenvalue weighted by Gasteiger charge is 2.39. The van der Waals surface area contributed by atoms with Gasteiger partial charge in [-0.05, 0) is 29.1 Å².